The molecule has 1 aliphatic rings. The Labute approximate surface area is 118 Å². The van der Waals surface area contributed by atoms with E-state index in [4.69, 9.17) is 0 Å². The zero-order valence-corrected chi connectivity index (χ0v) is 11.8. The van der Waals surface area contributed by atoms with Crippen molar-refractivity contribution in [2.24, 2.45) is 0 Å². The summed E-state index contributed by atoms with van der Waals surface area (Å²) in [6.45, 7) is 3.99. The molecule has 0 aliphatic carbocycles. The van der Waals surface area contributed by atoms with E-state index in [-0.39, 0.29) is 11.9 Å². The molecule has 1 heterocycles. The molecule has 0 radical (unpaired) electrons. The highest BCUT2D eigenvalue weighted by atomic mass is 16.4. The van der Waals surface area contributed by atoms with Crippen LogP contribution in [-0.4, -0.2) is 40.1 Å². The van der Waals surface area contributed by atoms with Gasteiger partial charge in [-0.05, 0) is 18.9 Å². The van der Waals surface area contributed by atoms with Gasteiger partial charge in [0.2, 0.25) is 5.91 Å². The summed E-state index contributed by atoms with van der Waals surface area (Å²) in [5.41, 5.74) is -0.0509. The summed E-state index contributed by atoms with van der Waals surface area (Å²) >= 11 is 0. The third-order valence-corrected chi connectivity index (χ3v) is 3.93. The van der Waals surface area contributed by atoms with Crippen LogP contribution in [0, 0.1) is 0 Å². The average Bonchev–Trinajstić information content (AvgIpc) is 2.42. The van der Waals surface area contributed by atoms with Crippen LogP contribution in [0.1, 0.15) is 25.8 Å². The number of nitrogens with zero attached hydrogens (tertiary/aromatic N) is 1. The van der Waals surface area contributed by atoms with Crippen molar-refractivity contribution in [3.8, 4) is 0 Å². The fourth-order valence-electron chi connectivity index (χ4n) is 2.82. The van der Waals surface area contributed by atoms with E-state index in [1.165, 1.54) is 4.90 Å². The molecule has 1 aromatic carbocycles. The largest absolute Gasteiger partial charge is 0.465 e. The first kappa shape index (κ1) is 14.4. The number of piperazine rings is 1. The molecule has 20 heavy (non-hydrogen) atoms. The molecule has 5 nitrogen and oxygen atoms in total. The zero-order valence-electron chi connectivity index (χ0n) is 11.8. The van der Waals surface area contributed by atoms with Crippen LogP contribution >= 0.6 is 0 Å². The van der Waals surface area contributed by atoms with Gasteiger partial charge in [0.25, 0.3) is 0 Å². The standard InChI is InChI=1S/C15H20N2O3/c1-3-15(9-12-7-5-4-6-8-12)13(18)16-11(2)10-17(15)14(19)20/h4-8,11H,3,9-10H2,1-2H3,(H,16,18)(H,19,20). The van der Waals surface area contributed by atoms with Crippen LogP contribution in [0.15, 0.2) is 30.3 Å². The van der Waals surface area contributed by atoms with Crippen molar-refractivity contribution in [1.82, 2.24) is 10.2 Å². The fraction of sp³-hybridized carbons (Fsp3) is 0.467. The van der Waals surface area contributed by atoms with Crippen LogP contribution in [0.5, 0.6) is 0 Å². The Morgan fingerprint density at radius 1 is 1.45 bits per heavy atom. The van der Waals surface area contributed by atoms with Crippen LogP contribution in [0.3, 0.4) is 0 Å². The van der Waals surface area contributed by atoms with E-state index >= 15 is 0 Å². The van der Waals surface area contributed by atoms with Gasteiger partial charge in [-0.2, -0.15) is 0 Å². The molecule has 0 aromatic heterocycles. The van der Waals surface area contributed by atoms with Crippen LogP contribution in [0.25, 0.3) is 0 Å². The van der Waals surface area contributed by atoms with Gasteiger partial charge >= 0.3 is 6.09 Å². The highest BCUT2D eigenvalue weighted by Crippen LogP contribution is 2.29. The number of amides is 2. The lowest BCUT2D eigenvalue weighted by molar-refractivity contribution is -0.137. The first-order valence-electron chi connectivity index (χ1n) is 6.85. The molecule has 1 saturated heterocycles. The van der Waals surface area contributed by atoms with Gasteiger partial charge in [0.1, 0.15) is 5.54 Å². The number of carbonyl (C=O) groups excluding carboxylic acids is 1. The molecule has 2 amide bonds. The number of carboxylic acid groups (broad SMARTS) is 1. The minimum atomic E-state index is -1.04. The molecule has 2 N–H and O–H groups in total. The lowest BCUT2D eigenvalue weighted by atomic mass is 9.83. The number of rotatable bonds is 3. The van der Waals surface area contributed by atoms with Crippen LogP contribution in [0.2, 0.25) is 0 Å². The van der Waals surface area contributed by atoms with Crippen molar-refractivity contribution in [2.75, 3.05) is 6.54 Å². The Kier molecular flexibility index (Phi) is 3.97. The van der Waals surface area contributed by atoms with Crippen LogP contribution in [-0.2, 0) is 11.2 Å². The molecule has 2 atom stereocenters. The second-order valence-electron chi connectivity index (χ2n) is 5.32. The highest BCUT2D eigenvalue weighted by Gasteiger charge is 2.49. The van der Waals surface area contributed by atoms with E-state index in [1.54, 1.807) is 0 Å². The van der Waals surface area contributed by atoms with Crippen molar-refractivity contribution in [2.45, 2.75) is 38.3 Å². The molecule has 1 fully saturated rings. The van der Waals surface area contributed by atoms with Gasteiger partial charge in [-0.3, -0.25) is 9.69 Å². The first-order valence-corrected chi connectivity index (χ1v) is 6.85. The van der Waals surface area contributed by atoms with Gasteiger partial charge in [0.05, 0.1) is 0 Å². The molecular weight excluding hydrogens is 256 g/mol. The maximum atomic E-state index is 12.5. The van der Waals surface area contributed by atoms with Crippen molar-refractivity contribution in [1.29, 1.82) is 0 Å². The fourth-order valence-corrected chi connectivity index (χ4v) is 2.82. The second kappa shape index (κ2) is 5.53. The van der Waals surface area contributed by atoms with Crippen molar-refractivity contribution in [3.63, 3.8) is 0 Å². The lowest BCUT2D eigenvalue weighted by Gasteiger charge is -2.46. The Bertz CT molecular complexity index is 503. The monoisotopic (exact) mass is 276 g/mol. The maximum Gasteiger partial charge on any atom is 0.408 e. The quantitative estimate of drug-likeness (QED) is 0.885. The zero-order chi connectivity index (χ0) is 14.8. The smallest absolute Gasteiger partial charge is 0.408 e. The molecule has 5 heteroatoms. The minimum Gasteiger partial charge on any atom is -0.465 e. The van der Waals surface area contributed by atoms with E-state index in [2.05, 4.69) is 5.32 Å². The van der Waals surface area contributed by atoms with Crippen LogP contribution in [0.4, 0.5) is 4.79 Å². The average molecular weight is 276 g/mol. The summed E-state index contributed by atoms with van der Waals surface area (Å²) < 4.78 is 0. The first-order chi connectivity index (χ1) is 9.49. The number of benzene rings is 1. The number of hydrogen-bond donors (Lipinski definition) is 2. The summed E-state index contributed by atoms with van der Waals surface area (Å²) in [5, 5.41) is 12.3. The molecular formula is C15H20N2O3. The van der Waals surface area contributed by atoms with Crippen molar-refractivity contribution >= 4 is 12.0 Å². The topological polar surface area (TPSA) is 69.6 Å². The molecule has 1 aromatic rings. The highest BCUT2D eigenvalue weighted by molar-refractivity contribution is 5.91. The molecule has 0 saturated carbocycles. The van der Waals surface area contributed by atoms with E-state index in [1.807, 2.05) is 44.2 Å². The van der Waals surface area contributed by atoms with Crippen molar-refractivity contribution in [3.05, 3.63) is 35.9 Å². The second-order valence-corrected chi connectivity index (χ2v) is 5.32. The van der Waals surface area contributed by atoms with Crippen LogP contribution < -0.4 is 5.32 Å². The van der Waals surface area contributed by atoms with E-state index in [0.717, 1.165) is 5.56 Å². The SMILES string of the molecule is CCC1(Cc2ccccc2)C(=O)NC(C)CN1C(=O)O. The van der Waals surface area contributed by atoms with E-state index in [9.17, 15) is 14.7 Å². The van der Waals surface area contributed by atoms with Gasteiger partial charge in [0.15, 0.2) is 0 Å². The molecule has 1 aliphatic heterocycles. The van der Waals surface area contributed by atoms with Gasteiger partial charge in [-0.25, -0.2) is 4.79 Å². The maximum absolute atomic E-state index is 12.5. The molecule has 108 valence electrons. The Hall–Kier alpha value is -2.04. The van der Waals surface area contributed by atoms with Gasteiger partial charge in [-0.15, -0.1) is 0 Å². The Morgan fingerprint density at radius 2 is 2.10 bits per heavy atom. The Morgan fingerprint density at radius 3 is 2.65 bits per heavy atom. The molecule has 0 spiro atoms. The van der Waals surface area contributed by atoms with E-state index in [0.29, 0.717) is 19.4 Å². The number of nitrogens with one attached hydrogen (secondary N) is 1. The van der Waals surface area contributed by atoms with E-state index < -0.39 is 11.6 Å². The predicted molar refractivity (Wildman–Crippen MR) is 75.5 cm³/mol. The molecule has 2 unspecified atom stereocenters. The van der Waals surface area contributed by atoms with Crippen molar-refractivity contribution < 1.29 is 14.7 Å². The minimum absolute atomic E-state index is 0.158. The van der Waals surface area contributed by atoms with Gasteiger partial charge in [0, 0.05) is 19.0 Å². The summed E-state index contributed by atoms with van der Waals surface area (Å²) in [6.07, 6.45) is -0.188. The summed E-state index contributed by atoms with van der Waals surface area (Å²) in [4.78, 5) is 25.3. The predicted octanol–water partition coefficient (Wildman–Crippen LogP) is 1.88. The molecule has 2 rings (SSSR count). The number of hydrogen-bond acceptors (Lipinski definition) is 2. The Balaban J connectivity index is 2.38. The summed E-state index contributed by atoms with van der Waals surface area (Å²) in [6, 6.07) is 9.38. The van der Waals surface area contributed by atoms with Gasteiger partial charge in [-0.1, -0.05) is 37.3 Å². The molecule has 0 bridgehead atoms. The summed E-state index contributed by atoms with van der Waals surface area (Å²) in [7, 11) is 0. The third-order valence-electron chi connectivity index (χ3n) is 3.93. The number of carbonyl (C=O) groups is 2. The normalized spacial score (nSPS) is 26.2. The third kappa shape index (κ3) is 2.48. The summed E-state index contributed by atoms with van der Waals surface area (Å²) in [5.74, 6) is -0.204. The van der Waals surface area contributed by atoms with Gasteiger partial charge < -0.3 is 10.4 Å². The lowest BCUT2D eigenvalue weighted by Crippen LogP contribution is -2.69.